The first-order valence-corrected chi connectivity index (χ1v) is 7.53. The van der Waals surface area contributed by atoms with Crippen molar-refractivity contribution in [2.24, 2.45) is 11.8 Å². The van der Waals surface area contributed by atoms with E-state index in [1.165, 1.54) is 5.56 Å². The molecule has 21 heavy (non-hydrogen) atoms. The molecule has 0 aliphatic carbocycles. The Morgan fingerprint density at radius 2 is 2.10 bits per heavy atom. The molecule has 1 heterocycles. The van der Waals surface area contributed by atoms with E-state index < -0.39 is 0 Å². The molecule has 1 atom stereocenters. The summed E-state index contributed by atoms with van der Waals surface area (Å²) in [5.41, 5.74) is 3.17. The minimum Gasteiger partial charge on any atom is -0.356 e. The van der Waals surface area contributed by atoms with Gasteiger partial charge >= 0.3 is 0 Å². The van der Waals surface area contributed by atoms with Crippen molar-refractivity contribution < 1.29 is 9.59 Å². The predicted molar refractivity (Wildman–Crippen MR) is 84.2 cm³/mol. The van der Waals surface area contributed by atoms with Crippen LogP contribution in [0.5, 0.6) is 0 Å². The van der Waals surface area contributed by atoms with Gasteiger partial charge in [0.1, 0.15) is 0 Å². The molecular formula is C17H24N2O2. The molecule has 114 valence electrons. The smallest absolute Gasteiger partial charge is 0.227 e. The third kappa shape index (κ3) is 3.63. The third-order valence-electron chi connectivity index (χ3n) is 3.82. The van der Waals surface area contributed by atoms with Crippen LogP contribution in [-0.4, -0.2) is 24.9 Å². The number of hydrogen-bond acceptors (Lipinski definition) is 2. The van der Waals surface area contributed by atoms with Gasteiger partial charge in [-0.05, 0) is 31.4 Å². The van der Waals surface area contributed by atoms with Gasteiger partial charge in [0.25, 0.3) is 0 Å². The first-order chi connectivity index (χ1) is 9.88. The van der Waals surface area contributed by atoms with E-state index in [2.05, 4.69) is 25.2 Å². The lowest BCUT2D eigenvalue weighted by molar-refractivity contribution is -0.126. The molecule has 1 aromatic rings. The lowest BCUT2D eigenvalue weighted by Gasteiger charge is -2.19. The van der Waals surface area contributed by atoms with Gasteiger partial charge in [0, 0.05) is 25.2 Å². The predicted octanol–water partition coefficient (Wildman–Crippen LogP) is 2.43. The number of rotatable bonds is 4. The number of carbonyl (C=O) groups is 2. The number of carbonyl (C=O) groups excluding carboxylic acids is 2. The minimum absolute atomic E-state index is 0.00989. The summed E-state index contributed by atoms with van der Waals surface area (Å²) in [6, 6.07) is 6.04. The van der Waals surface area contributed by atoms with Gasteiger partial charge in [0.2, 0.25) is 11.8 Å². The van der Waals surface area contributed by atoms with E-state index >= 15 is 0 Å². The summed E-state index contributed by atoms with van der Waals surface area (Å²) in [5.74, 6) is 0.203. The molecule has 1 aromatic carbocycles. The van der Waals surface area contributed by atoms with Gasteiger partial charge in [-0.2, -0.15) is 0 Å². The summed E-state index contributed by atoms with van der Waals surface area (Å²) in [4.78, 5) is 26.1. The Morgan fingerprint density at radius 3 is 2.71 bits per heavy atom. The lowest BCUT2D eigenvalue weighted by atomic mass is 10.1. The number of nitrogens with one attached hydrogen (secondary N) is 1. The van der Waals surface area contributed by atoms with Gasteiger partial charge in [-0.25, -0.2) is 0 Å². The average molecular weight is 288 g/mol. The van der Waals surface area contributed by atoms with E-state index in [-0.39, 0.29) is 17.7 Å². The fraction of sp³-hybridized carbons (Fsp3) is 0.529. The molecule has 0 aromatic heterocycles. The quantitative estimate of drug-likeness (QED) is 0.925. The summed E-state index contributed by atoms with van der Waals surface area (Å²) in [7, 11) is 0. The second-order valence-electron chi connectivity index (χ2n) is 6.33. The molecule has 2 rings (SSSR count). The molecule has 2 amide bonds. The Kier molecular flexibility index (Phi) is 4.66. The number of benzene rings is 1. The van der Waals surface area contributed by atoms with Crippen LogP contribution in [0, 0.1) is 25.7 Å². The lowest BCUT2D eigenvalue weighted by Crippen LogP contribution is -2.35. The Morgan fingerprint density at radius 1 is 1.38 bits per heavy atom. The molecule has 0 radical (unpaired) electrons. The summed E-state index contributed by atoms with van der Waals surface area (Å²) in [6.45, 7) is 9.29. The first kappa shape index (κ1) is 15.5. The van der Waals surface area contributed by atoms with Crippen molar-refractivity contribution in [3.63, 3.8) is 0 Å². The molecule has 4 heteroatoms. The van der Waals surface area contributed by atoms with Crippen LogP contribution in [0.25, 0.3) is 0 Å². The van der Waals surface area contributed by atoms with Crippen LogP contribution in [0.3, 0.4) is 0 Å². The topological polar surface area (TPSA) is 49.4 Å². The minimum atomic E-state index is -0.239. The van der Waals surface area contributed by atoms with Crippen molar-refractivity contribution in [3.8, 4) is 0 Å². The van der Waals surface area contributed by atoms with Crippen LogP contribution >= 0.6 is 0 Å². The molecule has 1 N–H and O–H groups in total. The standard InChI is InChI=1S/C17H24N2O2/c1-11(2)9-18-17(21)14-8-16(20)19(10-14)15-6-5-12(3)7-13(15)4/h5-7,11,14H,8-10H2,1-4H3,(H,18,21). The maximum Gasteiger partial charge on any atom is 0.227 e. The van der Waals surface area contributed by atoms with E-state index in [1.807, 2.05) is 26.0 Å². The van der Waals surface area contributed by atoms with E-state index in [4.69, 9.17) is 0 Å². The van der Waals surface area contributed by atoms with E-state index in [1.54, 1.807) is 4.90 Å². The van der Waals surface area contributed by atoms with E-state index in [9.17, 15) is 9.59 Å². The molecule has 1 aliphatic heterocycles. The van der Waals surface area contributed by atoms with Gasteiger partial charge in [0.05, 0.1) is 5.92 Å². The van der Waals surface area contributed by atoms with Crippen LogP contribution in [0.2, 0.25) is 0 Å². The Balaban J connectivity index is 2.07. The van der Waals surface area contributed by atoms with Crippen LogP contribution in [0.15, 0.2) is 18.2 Å². The fourth-order valence-electron chi connectivity index (χ4n) is 2.67. The second-order valence-corrected chi connectivity index (χ2v) is 6.33. The van der Waals surface area contributed by atoms with Gasteiger partial charge < -0.3 is 10.2 Å². The molecular weight excluding hydrogens is 264 g/mol. The van der Waals surface area contributed by atoms with Crippen LogP contribution < -0.4 is 10.2 Å². The van der Waals surface area contributed by atoms with Crippen molar-refractivity contribution in [2.75, 3.05) is 18.0 Å². The molecule has 0 saturated carbocycles. The zero-order valence-electron chi connectivity index (χ0n) is 13.3. The molecule has 1 saturated heterocycles. The third-order valence-corrected chi connectivity index (χ3v) is 3.82. The SMILES string of the molecule is Cc1ccc(N2CC(C(=O)NCC(C)C)CC2=O)c(C)c1. The number of aryl methyl sites for hydroxylation is 2. The normalized spacial score (nSPS) is 18.4. The zero-order chi connectivity index (χ0) is 15.6. The van der Waals surface area contributed by atoms with E-state index in [0.717, 1.165) is 11.3 Å². The fourth-order valence-corrected chi connectivity index (χ4v) is 2.67. The Bertz CT molecular complexity index is 552. The molecule has 0 bridgehead atoms. The molecule has 4 nitrogen and oxygen atoms in total. The Labute approximate surface area is 126 Å². The van der Waals surface area contributed by atoms with Crippen molar-refractivity contribution in [3.05, 3.63) is 29.3 Å². The van der Waals surface area contributed by atoms with Gasteiger partial charge in [-0.1, -0.05) is 31.5 Å². The van der Waals surface area contributed by atoms with Crippen LogP contribution in [0.1, 0.15) is 31.4 Å². The summed E-state index contributed by atoms with van der Waals surface area (Å²) in [6.07, 6.45) is 0.303. The van der Waals surface area contributed by atoms with E-state index in [0.29, 0.717) is 25.4 Å². The molecule has 0 spiro atoms. The van der Waals surface area contributed by atoms with Crippen molar-refractivity contribution in [2.45, 2.75) is 34.1 Å². The highest BCUT2D eigenvalue weighted by molar-refractivity contribution is 6.00. The highest BCUT2D eigenvalue weighted by Crippen LogP contribution is 2.28. The highest BCUT2D eigenvalue weighted by Gasteiger charge is 2.35. The molecule has 1 fully saturated rings. The largest absolute Gasteiger partial charge is 0.356 e. The van der Waals surface area contributed by atoms with Crippen LogP contribution in [-0.2, 0) is 9.59 Å². The second kappa shape index (κ2) is 6.29. The van der Waals surface area contributed by atoms with Crippen LogP contribution in [0.4, 0.5) is 5.69 Å². The molecule has 1 aliphatic rings. The first-order valence-electron chi connectivity index (χ1n) is 7.53. The number of amides is 2. The van der Waals surface area contributed by atoms with Gasteiger partial charge in [0.15, 0.2) is 0 Å². The monoisotopic (exact) mass is 288 g/mol. The summed E-state index contributed by atoms with van der Waals surface area (Å²) in [5, 5.41) is 2.92. The Hall–Kier alpha value is -1.84. The van der Waals surface area contributed by atoms with Crippen molar-refractivity contribution in [1.29, 1.82) is 0 Å². The number of anilines is 1. The van der Waals surface area contributed by atoms with Gasteiger partial charge in [-0.15, -0.1) is 0 Å². The maximum absolute atomic E-state index is 12.2. The highest BCUT2D eigenvalue weighted by atomic mass is 16.2. The van der Waals surface area contributed by atoms with Crippen molar-refractivity contribution in [1.82, 2.24) is 5.32 Å². The number of hydrogen-bond donors (Lipinski definition) is 1. The zero-order valence-corrected chi connectivity index (χ0v) is 13.3. The molecule has 1 unspecified atom stereocenters. The summed E-state index contributed by atoms with van der Waals surface area (Å²) < 4.78 is 0. The van der Waals surface area contributed by atoms with Crippen molar-refractivity contribution >= 4 is 17.5 Å². The van der Waals surface area contributed by atoms with Gasteiger partial charge in [-0.3, -0.25) is 9.59 Å². The maximum atomic E-state index is 12.2. The summed E-state index contributed by atoms with van der Waals surface area (Å²) >= 11 is 0. The average Bonchev–Trinajstić information content (AvgIpc) is 2.78. The number of nitrogens with zero attached hydrogens (tertiary/aromatic N) is 1.